The van der Waals surface area contributed by atoms with Gasteiger partial charge in [-0.25, -0.2) is 4.79 Å². The molecule has 1 heterocycles. The van der Waals surface area contributed by atoms with Crippen molar-refractivity contribution in [2.24, 2.45) is 0 Å². The third kappa shape index (κ3) is 4.71. The van der Waals surface area contributed by atoms with Crippen LogP contribution in [-0.2, 0) is 9.59 Å². The first-order valence-electron chi connectivity index (χ1n) is 7.02. The molecule has 0 aliphatic carbocycles. The molecule has 1 aliphatic rings. The Hall–Kier alpha value is -1.79. The van der Waals surface area contributed by atoms with Crippen LogP contribution in [0.25, 0.3) is 0 Å². The molecule has 0 saturated carbocycles. The number of hydrogen-bond donors (Lipinski definition) is 3. The second kappa shape index (κ2) is 7.72. The number of carbonyl (C=O) groups is 3. The van der Waals surface area contributed by atoms with Gasteiger partial charge < -0.3 is 20.6 Å². The summed E-state index contributed by atoms with van der Waals surface area (Å²) in [6, 6.07) is -1.27. The van der Waals surface area contributed by atoms with Crippen LogP contribution in [0, 0.1) is 0 Å². The maximum absolute atomic E-state index is 12.1. The lowest BCUT2D eigenvalue weighted by molar-refractivity contribution is -0.138. The van der Waals surface area contributed by atoms with E-state index in [9.17, 15) is 14.4 Å². The van der Waals surface area contributed by atoms with E-state index in [1.807, 2.05) is 6.92 Å². The zero-order valence-electron chi connectivity index (χ0n) is 12.0. The summed E-state index contributed by atoms with van der Waals surface area (Å²) >= 11 is 0. The predicted octanol–water partition coefficient (Wildman–Crippen LogP) is 0.550. The smallest absolute Gasteiger partial charge is 0.318 e. The Labute approximate surface area is 118 Å². The van der Waals surface area contributed by atoms with Gasteiger partial charge in [-0.1, -0.05) is 6.92 Å². The van der Waals surface area contributed by atoms with E-state index >= 15 is 0 Å². The Morgan fingerprint density at radius 3 is 2.70 bits per heavy atom. The van der Waals surface area contributed by atoms with E-state index in [-0.39, 0.29) is 24.4 Å². The molecule has 0 radical (unpaired) electrons. The Balaban J connectivity index is 2.48. The molecule has 3 amide bonds. The van der Waals surface area contributed by atoms with E-state index < -0.39 is 12.0 Å². The number of amides is 3. The van der Waals surface area contributed by atoms with E-state index in [0.29, 0.717) is 19.5 Å². The van der Waals surface area contributed by atoms with Gasteiger partial charge >= 0.3 is 12.0 Å². The SMILES string of the molecule is CCCNC(=O)C(C)NC(=O)N1CCCC1CC(=O)O. The van der Waals surface area contributed by atoms with E-state index in [1.54, 1.807) is 6.92 Å². The highest BCUT2D eigenvalue weighted by atomic mass is 16.4. The minimum absolute atomic E-state index is 0.0518. The molecule has 2 atom stereocenters. The normalized spacial score (nSPS) is 19.5. The molecular formula is C13H23N3O4. The van der Waals surface area contributed by atoms with Gasteiger partial charge in [0.15, 0.2) is 0 Å². The molecule has 3 N–H and O–H groups in total. The Kier molecular flexibility index (Phi) is 6.27. The number of rotatable bonds is 6. The van der Waals surface area contributed by atoms with Gasteiger partial charge in [0.2, 0.25) is 5.91 Å². The third-order valence-electron chi connectivity index (χ3n) is 3.33. The van der Waals surface area contributed by atoms with Crippen LogP contribution < -0.4 is 10.6 Å². The first kappa shape index (κ1) is 16.3. The first-order valence-corrected chi connectivity index (χ1v) is 7.02. The van der Waals surface area contributed by atoms with Gasteiger partial charge in [0.05, 0.1) is 6.42 Å². The maximum atomic E-state index is 12.1. The van der Waals surface area contributed by atoms with Crippen LogP contribution in [0.5, 0.6) is 0 Å². The zero-order chi connectivity index (χ0) is 15.1. The minimum atomic E-state index is -0.913. The number of likely N-dealkylation sites (tertiary alicyclic amines) is 1. The molecule has 0 spiro atoms. The number of urea groups is 1. The summed E-state index contributed by atoms with van der Waals surface area (Å²) in [5, 5.41) is 14.1. The summed E-state index contributed by atoms with van der Waals surface area (Å²) in [6.07, 6.45) is 2.26. The largest absolute Gasteiger partial charge is 0.481 e. The summed E-state index contributed by atoms with van der Waals surface area (Å²) in [6.45, 7) is 4.67. The number of carboxylic acids is 1. The molecule has 7 heteroatoms. The van der Waals surface area contributed by atoms with Gasteiger partial charge in [-0.3, -0.25) is 9.59 Å². The van der Waals surface area contributed by atoms with Crippen LogP contribution in [0.3, 0.4) is 0 Å². The van der Waals surface area contributed by atoms with Gasteiger partial charge in [-0.2, -0.15) is 0 Å². The fraction of sp³-hybridized carbons (Fsp3) is 0.769. The van der Waals surface area contributed by atoms with Gasteiger partial charge in [0.1, 0.15) is 6.04 Å². The van der Waals surface area contributed by atoms with Gasteiger partial charge in [0, 0.05) is 19.1 Å². The van der Waals surface area contributed by atoms with Crippen molar-refractivity contribution in [2.75, 3.05) is 13.1 Å². The molecule has 0 bridgehead atoms. The van der Waals surface area contributed by atoms with Crippen LogP contribution in [0.2, 0.25) is 0 Å². The first-order chi connectivity index (χ1) is 9.45. The average Bonchev–Trinajstić information content (AvgIpc) is 2.82. The maximum Gasteiger partial charge on any atom is 0.318 e. The standard InChI is InChI=1S/C13H23N3O4/c1-3-6-14-12(19)9(2)15-13(20)16-7-4-5-10(16)8-11(17)18/h9-10H,3-8H2,1-2H3,(H,14,19)(H,15,20)(H,17,18). The van der Waals surface area contributed by atoms with Crippen LogP contribution in [-0.4, -0.2) is 53.1 Å². The van der Waals surface area contributed by atoms with Crippen LogP contribution in [0.15, 0.2) is 0 Å². The van der Waals surface area contributed by atoms with E-state index in [1.165, 1.54) is 4.90 Å². The third-order valence-corrected chi connectivity index (χ3v) is 3.33. The van der Waals surface area contributed by atoms with E-state index in [4.69, 9.17) is 5.11 Å². The molecule has 0 aromatic carbocycles. The fourth-order valence-electron chi connectivity index (χ4n) is 2.25. The van der Waals surface area contributed by atoms with Crippen molar-refractivity contribution in [1.29, 1.82) is 0 Å². The highest BCUT2D eigenvalue weighted by molar-refractivity contribution is 5.87. The molecule has 1 fully saturated rings. The highest BCUT2D eigenvalue weighted by Crippen LogP contribution is 2.20. The van der Waals surface area contributed by atoms with Crippen LogP contribution >= 0.6 is 0 Å². The number of nitrogens with one attached hydrogen (secondary N) is 2. The van der Waals surface area contributed by atoms with Gasteiger partial charge in [-0.05, 0) is 26.2 Å². The predicted molar refractivity (Wildman–Crippen MR) is 73.3 cm³/mol. The number of aliphatic carboxylic acids is 1. The number of carbonyl (C=O) groups excluding carboxylic acids is 2. The molecule has 0 aromatic heterocycles. The molecule has 7 nitrogen and oxygen atoms in total. The Morgan fingerprint density at radius 2 is 2.10 bits per heavy atom. The van der Waals surface area contributed by atoms with Crippen LogP contribution in [0.1, 0.15) is 39.5 Å². The Morgan fingerprint density at radius 1 is 1.40 bits per heavy atom. The molecule has 1 aliphatic heterocycles. The van der Waals surface area contributed by atoms with Crippen molar-refractivity contribution in [1.82, 2.24) is 15.5 Å². The van der Waals surface area contributed by atoms with Crippen molar-refractivity contribution < 1.29 is 19.5 Å². The van der Waals surface area contributed by atoms with Crippen molar-refractivity contribution in [2.45, 2.75) is 51.6 Å². The van der Waals surface area contributed by atoms with Crippen molar-refractivity contribution in [3.8, 4) is 0 Å². The summed E-state index contributed by atoms with van der Waals surface area (Å²) in [4.78, 5) is 36.0. The molecule has 114 valence electrons. The molecule has 0 aromatic rings. The quantitative estimate of drug-likeness (QED) is 0.663. The molecule has 2 unspecified atom stereocenters. The van der Waals surface area contributed by atoms with Gasteiger partial charge in [0.25, 0.3) is 0 Å². The number of carboxylic acid groups (broad SMARTS) is 1. The lowest BCUT2D eigenvalue weighted by atomic mass is 10.1. The number of nitrogens with zero attached hydrogens (tertiary/aromatic N) is 1. The van der Waals surface area contributed by atoms with Crippen molar-refractivity contribution >= 4 is 17.9 Å². The minimum Gasteiger partial charge on any atom is -0.481 e. The Bertz CT molecular complexity index is 373. The molecule has 20 heavy (non-hydrogen) atoms. The molecular weight excluding hydrogens is 262 g/mol. The fourth-order valence-corrected chi connectivity index (χ4v) is 2.25. The lowest BCUT2D eigenvalue weighted by Crippen LogP contribution is -2.51. The van der Waals surface area contributed by atoms with Crippen molar-refractivity contribution in [3.05, 3.63) is 0 Å². The monoisotopic (exact) mass is 285 g/mol. The molecule has 1 saturated heterocycles. The second-order valence-corrected chi connectivity index (χ2v) is 5.05. The lowest BCUT2D eigenvalue weighted by Gasteiger charge is -2.25. The summed E-state index contributed by atoms with van der Waals surface area (Å²) < 4.78 is 0. The molecule has 1 rings (SSSR count). The summed E-state index contributed by atoms with van der Waals surface area (Å²) in [7, 11) is 0. The number of hydrogen-bond acceptors (Lipinski definition) is 3. The summed E-state index contributed by atoms with van der Waals surface area (Å²) in [5.74, 6) is -1.14. The summed E-state index contributed by atoms with van der Waals surface area (Å²) in [5.41, 5.74) is 0. The average molecular weight is 285 g/mol. The van der Waals surface area contributed by atoms with Crippen LogP contribution in [0.4, 0.5) is 4.79 Å². The van der Waals surface area contributed by atoms with Gasteiger partial charge in [-0.15, -0.1) is 0 Å². The van der Waals surface area contributed by atoms with Crippen molar-refractivity contribution in [3.63, 3.8) is 0 Å². The highest BCUT2D eigenvalue weighted by Gasteiger charge is 2.31. The van der Waals surface area contributed by atoms with E-state index in [0.717, 1.165) is 12.8 Å². The van der Waals surface area contributed by atoms with E-state index in [2.05, 4.69) is 10.6 Å². The zero-order valence-corrected chi connectivity index (χ0v) is 12.0. The topological polar surface area (TPSA) is 98.7 Å². The second-order valence-electron chi connectivity index (χ2n) is 5.05.